The number of hydrogen-bond acceptors (Lipinski definition) is 3. The number of aryl methyl sites for hydroxylation is 1. The highest BCUT2D eigenvalue weighted by Crippen LogP contribution is 2.27. The van der Waals surface area contributed by atoms with Crippen LogP contribution in [0, 0.1) is 5.92 Å². The molecule has 0 aromatic heterocycles. The third kappa shape index (κ3) is 4.29. The maximum absolute atomic E-state index is 11.5. The summed E-state index contributed by atoms with van der Waals surface area (Å²) >= 11 is 0. The van der Waals surface area contributed by atoms with E-state index in [1.54, 1.807) is 0 Å². The topological polar surface area (TPSA) is 98.2 Å². The Kier molecular flexibility index (Phi) is 4.96. The molecule has 0 aliphatic carbocycles. The molecule has 21 heavy (non-hydrogen) atoms. The minimum Gasteiger partial charge on any atom is -0.370 e. The van der Waals surface area contributed by atoms with E-state index in [1.807, 2.05) is 19.1 Å². The number of primary amides is 1. The molecule has 0 radical (unpaired) electrons. The van der Waals surface area contributed by atoms with E-state index >= 15 is 0 Å². The molecule has 0 fully saturated rings. The smallest absolute Gasteiger partial charge is 0.224 e. The van der Waals surface area contributed by atoms with Crippen LogP contribution in [0.2, 0.25) is 0 Å². The molecule has 0 bridgehead atoms. The van der Waals surface area contributed by atoms with Crippen LogP contribution in [0.4, 0.5) is 5.69 Å². The van der Waals surface area contributed by atoms with E-state index in [0.717, 1.165) is 29.7 Å². The van der Waals surface area contributed by atoms with E-state index in [2.05, 4.69) is 11.4 Å². The van der Waals surface area contributed by atoms with Crippen LogP contribution in [-0.4, -0.2) is 11.8 Å². The number of amides is 2. The van der Waals surface area contributed by atoms with Crippen molar-refractivity contribution in [3.8, 4) is 0 Å². The van der Waals surface area contributed by atoms with E-state index in [4.69, 9.17) is 11.5 Å². The Bertz CT molecular complexity index is 542. The van der Waals surface area contributed by atoms with Gasteiger partial charge in [0.15, 0.2) is 0 Å². The summed E-state index contributed by atoms with van der Waals surface area (Å²) in [5.41, 5.74) is 14.5. The first-order valence-corrected chi connectivity index (χ1v) is 7.42. The number of fused-ring (bicyclic) bond motifs is 1. The zero-order valence-electron chi connectivity index (χ0n) is 12.4. The summed E-state index contributed by atoms with van der Waals surface area (Å²) in [5, 5.41) is 2.91. The van der Waals surface area contributed by atoms with Gasteiger partial charge in [0, 0.05) is 24.6 Å². The van der Waals surface area contributed by atoms with Crippen LogP contribution in [0.3, 0.4) is 0 Å². The van der Waals surface area contributed by atoms with Crippen molar-refractivity contribution in [1.29, 1.82) is 0 Å². The zero-order valence-corrected chi connectivity index (χ0v) is 12.4. The number of carbonyl (C=O) groups is 2. The van der Waals surface area contributed by atoms with Gasteiger partial charge in [-0.1, -0.05) is 19.1 Å². The van der Waals surface area contributed by atoms with E-state index in [9.17, 15) is 9.59 Å². The number of hydrogen-bond donors (Lipinski definition) is 3. The first kappa shape index (κ1) is 15.5. The highest BCUT2D eigenvalue weighted by molar-refractivity contribution is 5.92. The van der Waals surface area contributed by atoms with Crippen molar-refractivity contribution >= 4 is 17.5 Å². The Morgan fingerprint density at radius 3 is 2.86 bits per heavy atom. The molecule has 2 amide bonds. The van der Waals surface area contributed by atoms with Crippen molar-refractivity contribution in [3.05, 3.63) is 29.3 Å². The van der Waals surface area contributed by atoms with Gasteiger partial charge in [-0.25, -0.2) is 0 Å². The molecule has 5 nitrogen and oxygen atoms in total. The molecular formula is C16H23N3O2. The molecule has 2 rings (SSSR count). The quantitative estimate of drug-likeness (QED) is 0.771. The van der Waals surface area contributed by atoms with Crippen LogP contribution in [0.15, 0.2) is 18.2 Å². The Labute approximate surface area is 125 Å². The molecule has 1 aliphatic heterocycles. The highest BCUT2D eigenvalue weighted by atomic mass is 16.1. The lowest BCUT2D eigenvalue weighted by molar-refractivity contribution is -0.119. The molecule has 0 spiro atoms. The van der Waals surface area contributed by atoms with Crippen molar-refractivity contribution in [2.24, 2.45) is 17.4 Å². The number of carbonyl (C=O) groups excluding carboxylic acids is 2. The van der Waals surface area contributed by atoms with Crippen LogP contribution in [-0.2, 0) is 16.0 Å². The standard InChI is InChI=1S/C16H23N3O2/c1-10(8-15(18)20)7-13(17)11-5-6-14-12(9-11)3-2-4-16(21)19-14/h5-6,9-10,13H,2-4,7-8,17H2,1H3,(H2,18,20)(H,19,21). The molecule has 5 N–H and O–H groups in total. The van der Waals surface area contributed by atoms with E-state index < -0.39 is 0 Å². The third-order valence-corrected chi connectivity index (χ3v) is 3.89. The number of rotatable bonds is 5. The first-order valence-electron chi connectivity index (χ1n) is 7.42. The van der Waals surface area contributed by atoms with Crippen LogP contribution in [0.1, 0.15) is 49.8 Å². The van der Waals surface area contributed by atoms with Gasteiger partial charge in [-0.15, -0.1) is 0 Å². The second-order valence-electron chi connectivity index (χ2n) is 5.94. The first-order chi connectivity index (χ1) is 9.95. The van der Waals surface area contributed by atoms with Gasteiger partial charge in [0.25, 0.3) is 0 Å². The van der Waals surface area contributed by atoms with Gasteiger partial charge in [0.2, 0.25) is 11.8 Å². The van der Waals surface area contributed by atoms with Gasteiger partial charge in [-0.2, -0.15) is 0 Å². The normalized spacial score (nSPS) is 17.3. The van der Waals surface area contributed by atoms with Gasteiger partial charge in [-0.05, 0) is 42.4 Å². The van der Waals surface area contributed by atoms with Gasteiger partial charge in [-0.3, -0.25) is 9.59 Å². The molecule has 2 atom stereocenters. The van der Waals surface area contributed by atoms with Crippen LogP contribution in [0.25, 0.3) is 0 Å². The average Bonchev–Trinajstić information content (AvgIpc) is 2.57. The summed E-state index contributed by atoms with van der Waals surface area (Å²) in [6.45, 7) is 1.98. The molecule has 1 aromatic rings. The number of nitrogens with one attached hydrogen (secondary N) is 1. The largest absolute Gasteiger partial charge is 0.370 e. The average molecular weight is 289 g/mol. The summed E-state index contributed by atoms with van der Waals surface area (Å²) in [5.74, 6) is -0.0590. The van der Waals surface area contributed by atoms with Crippen molar-refractivity contribution in [1.82, 2.24) is 0 Å². The fourth-order valence-corrected chi connectivity index (χ4v) is 2.82. The highest BCUT2D eigenvalue weighted by Gasteiger charge is 2.17. The molecule has 0 saturated carbocycles. The summed E-state index contributed by atoms with van der Waals surface area (Å²) in [7, 11) is 0. The molecule has 1 aromatic carbocycles. The molecule has 2 unspecified atom stereocenters. The SMILES string of the molecule is CC(CC(N)=O)CC(N)c1ccc2c(c1)CCCC(=O)N2. The van der Waals surface area contributed by atoms with Gasteiger partial charge < -0.3 is 16.8 Å². The lowest BCUT2D eigenvalue weighted by Crippen LogP contribution is -2.19. The molecular weight excluding hydrogens is 266 g/mol. The Morgan fingerprint density at radius 1 is 1.38 bits per heavy atom. The number of anilines is 1. The maximum atomic E-state index is 11.5. The zero-order chi connectivity index (χ0) is 15.4. The summed E-state index contributed by atoms with van der Waals surface area (Å²) < 4.78 is 0. The van der Waals surface area contributed by atoms with Crippen LogP contribution >= 0.6 is 0 Å². The lowest BCUT2D eigenvalue weighted by atomic mass is 9.92. The molecule has 114 valence electrons. The molecule has 1 aliphatic rings. The predicted octanol–water partition coefficient (Wildman–Crippen LogP) is 1.86. The Balaban J connectivity index is 2.08. The minimum atomic E-state index is -0.292. The maximum Gasteiger partial charge on any atom is 0.224 e. The molecule has 1 heterocycles. The number of nitrogens with two attached hydrogens (primary N) is 2. The second kappa shape index (κ2) is 6.72. The van der Waals surface area contributed by atoms with Gasteiger partial charge >= 0.3 is 0 Å². The van der Waals surface area contributed by atoms with E-state index in [1.165, 1.54) is 0 Å². The van der Waals surface area contributed by atoms with Crippen molar-refractivity contribution < 1.29 is 9.59 Å². The summed E-state index contributed by atoms with van der Waals surface area (Å²) in [4.78, 5) is 22.5. The van der Waals surface area contributed by atoms with Crippen LogP contribution in [0.5, 0.6) is 0 Å². The molecule has 5 heteroatoms. The minimum absolute atomic E-state index is 0.0703. The fraction of sp³-hybridized carbons (Fsp3) is 0.500. The second-order valence-corrected chi connectivity index (χ2v) is 5.94. The fourth-order valence-electron chi connectivity index (χ4n) is 2.82. The van der Waals surface area contributed by atoms with E-state index in [0.29, 0.717) is 19.3 Å². The van der Waals surface area contributed by atoms with E-state index in [-0.39, 0.29) is 23.8 Å². The Morgan fingerprint density at radius 2 is 2.14 bits per heavy atom. The third-order valence-electron chi connectivity index (χ3n) is 3.89. The number of benzene rings is 1. The van der Waals surface area contributed by atoms with Crippen molar-refractivity contribution in [2.45, 2.75) is 45.1 Å². The van der Waals surface area contributed by atoms with Crippen molar-refractivity contribution in [3.63, 3.8) is 0 Å². The Hall–Kier alpha value is -1.88. The van der Waals surface area contributed by atoms with Gasteiger partial charge in [0.05, 0.1) is 0 Å². The van der Waals surface area contributed by atoms with Crippen LogP contribution < -0.4 is 16.8 Å². The monoisotopic (exact) mass is 289 g/mol. The van der Waals surface area contributed by atoms with Gasteiger partial charge in [0.1, 0.15) is 0 Å². The molecule has 0 saturated heterocycles. The summed E-state index contributed by atoms with van der Waals surface area (Å²) in [6.07, 6.45) is 3.37. The lowest BCUT2D eigenvalue weighted by Gasteiger charge is -2.18. The predicted molar refractivity (Wildman–Crippen MR) is 82.5 cm³/mol. The summed E-state index contributed by atoms with van der Waals surface area (Å²) in [6, 6.07) is 5.82. The van der Waals surface area contributed by atoms with Crippen molar-refractivity contribution in [2.75, 3.05) is 5.32 Å².